The molecule has 0 radical (unpaired) electrons. The zero-order valence-electron chi connectivity index (χ0n) is 5.07. The van der Waals surface area contributed by atoms with E-state index < -0.39 is 0 Å². The molecule has 0 bridgehead atoms. The Labute approximate surface area is 48.8 Å². The first kappa shape index (κ1) is 7.01. The van der Waals surface area contributed by atoms with Crippen molar-refractivity contribution >= 4 is 0 Å². The van der Waals surface area contributed by atoms with Crippen LogP contribution in [0.25, 0.3) is 0 Å². The summed E-state index contributed by atoms with van der Waals surface area (Å²) in [5.41, 5.74) is 0. The van der Waals surface area contributed by atoms with E-state index in [9.17, 15) is 0 Å². The lowest BCUT2D eigenvalue weighted by atomic mass is 10.7. The standard InChI is InChI=1S/C3H3N3.C2H6/c1-2-4-6-5-3-1;1-2/h1-3H;1-2H3. The lowest BCUT2D eigenvalue weighted by Crippen LogP contribution is -1.78. The van der Waals surface area contributed by atoms with E-state index in [0.29, 0.717) is 0 Å². The molecular formula is C5H9N3. The molecule has 0 N–H and O–H groups in total. The molecule has 1 aromatic rings. The van der Waals surface area contributed by atoms with Gasteiger partial charge in [-0.3, -0.25) is 0 Å². The lowest BCUT2D eigenvalue weighted by molar-refractivity contribution is 0.865. The van der Waals surface area contributed by atoms with Gasteiger partial charge in [-0.25, -0.2) is 0 Å². The highest BCUT2D eigenvalue weighted by molar-refractivity contribution is 4.69. The molecule has 3 heteroatoms. The van der Waals surface area contributed by atoms with Crippen molar-refractivity contribution in [1.82, 2.24) is 15.4 Å². The third-order valence-electron chi connectivity index (χ3n) is 0.409. The molecule has 0 unspecified atom stereocenters. The van der Waals surface area contributed by atoms with E-state index in [0.717, 1.165) is 0 Å². The molecule has 0 saturated carbocycles. The summed E-state index contributed by atoms with van der Waals surface area (Å²) in [5, 5.41) is 10.1. The first-order valence-corrected chi connectivity index (χ1v) is 2.58. The van der Waals surface area contributed by atoms with Crippen LogP contribution in [0.15, 0.2) is 18.5 Å². The molecule has 0 spiro atoms. The summed E-state index contributed by atoms with van der Waals surface area (Å²) >= 11 is 0. The summed E-state index contributed by atoms with van der Waals surface area (Å²) in [7, 11) is 0. The maximum atomic E-state index is 3.42. The van der Waals surface area contributed by atoms with Gasteiger partial charge in [0, 0.05) is 0 Å². The van der Waals surface area contributed by atoms with Crippen LogP contribution < -0.4 is 0 Å². The number of hydrogen-bond acceptors (Lipinski definition) is 3. The Morgan fingerprint density at radius 1 is 1.00 bits per heavy atom. The maximum absolute atomic E-state index is 3.42. The molecule has 8 heavy (non-hydrogen) atoms. The predicted molar refractivity (Wildman–Crippen MR) is 31.2 cm³/mol. The van der Waals surface area contributed by atoms with Gasteiger partial charge in [0.25, 0.3) is 0 Å². The minimum absolute atomic E-state index is 1.58. The number of aromatic nitrogens is 3. The van der Waals surface area contributed by atoms with E-state index >= 15 is 0 Å². The average Bonchev–Trinajstić information content (AvgIpc) is 1.96. The summed E-state index contributed by atoms with van der Waals surface area (Å²) in [4.78, 5) is 0. The highest BCUT2D eigenvalue weighted by Crippen LogP contribution is 1.61. The molecule has 0 amide bonds. The first-order chi connectivity index (χ1) is 4.00. The normalized spacial score (nSPS) is 6.75. The highest BCUT2D eigenvalue weighted by atomic mass is 15.3. The second-order valence-electron chi connectivity index (χ2n) is 0.811. The maximum Gasteiger partial charge on any atom is 0.0529 e. The monoisotopic (exact) mass is 111 g/mol. The summed E-state index contributed by atoms with van der Waals surface area (Å²) in [6.45, 7) is 4.00. The molecule has 3 nitrogen and oxygen atoms in total. The molecular weight excluding hydrogens is 102 g/mol. The topological polar surface area (TPSA) is 38.7 Å². The van der Waals surface area contributed by atoms with Crippen LogP contribution in [-0.2, 0) is 0 Å². The molecule has 0 aromatic carbocycles. The fourth-order valence-electron chi connectivity index (χ4n) is 0.205. The van der Waals surface area contributed by atoms with Gasteiger partial charge in [-0.1, -0.05) is 13.8 Å². The van der Waals surface area contributed by atoms with Crippen LogP contribution in [0.1, 0.15) is 13.8 Å². The minimum atomic E-state index is 1.58. The summed E-state index contributed by atoms with van der Waals surface area (Å²) in [6.07, 6.45) is 3.15. The number of nitrogens with zero attached hydrogens (tertiary/aromatic N) is 3. The van der Waals surface area contributed by atoms with Crippen molar-refractivity contribution in [2.24, 2.45) is 0 Å². The van der Waals surface area contributed by atoms with Gasteiger partial charge < -0.3 is 0 Å². The fraction of sp³-hybridized carbons (Fsp3) is 0.400. The van der Waals surface area contributed by atoms with Crippen molar-refractivity contribution in [3.63, 3.8) is 0 Å². The first-order valence-electron chi connectivity index (χ1n) is 2.58. The van der Waals surface area contributed by atoms with E-state index in [1.165, 1.54) is 0 Å². The van der Waals surface area contributed by atoms with Crippen LogP contribution in [0.4, 0.5) is 0 Å². The zero-order valence-corrected chi connectivity index (χ0v) is 5.07. The molecule has 0 aliphatic rings. The van der Waals surface area contributed by atoms with E-state index in [1.54, 1.807) is 18.5 Å². The molecule has 1 heterocycles. The van der Waals surface area contributed by atoms with Crippen LogP contribution in [0.2, 0.25) is 0 Å². The third kappa shape index (κ3) is 3.21. The highest BCUT2D eigenvalue weighted by Gasteiger charge is 1.60. The van der Waals surface area contributed by atoms with E-state index in [4.69, 9.17) is 0 Å². The predicted octanol–water partition coefficient (Wildman–Crippen LogP) is 0.898. The van der Waals surface area contributed by atoms with Crippen LogP contribution in [0.5, 0.6) is 0 Å². The molecule has 0 aliphatic heterocycles. The van der Waals surface area contributed by atoms with Gasteiger partial charge in [-0.15, -0.1) is 10.2 Å². The van der Waals surface area contributed by atoms with Crippen molar-refractivity contribution in [3.05, 3.63) is 18.5 Å². The summed E-state index contributed by atoms with van der Waals surface area (Å²) < 4.78 is 0. The lowest BCUT2D eigenvalue weighted by Gasteiger charge is -1.68. The van der Waals surface area contributed by atoms with Crippen molar-refractivity contribution in [2.75, 3.05) is 0 Å². The van der Waals surface area contributed by atoms with Crippen LogP contribution in [0, 0.1) is 0 Å². The largest absolute Gasteiger partial charge is 0.139 e. The summed E-state index contributed by atoms with van der Waals surface area (Å²) in [5.74, 6) is 0. The number of hydrogen-bond donors (Lipinski definition) is 0. The molecule has 0 aliphatic carbocycles. The molecule has 0 atom stereocenters. The zero-order chi connectivity index (χ0) is 6.24. The minimum Gasteiger partial charge on any atom is -0.139 e. The van der Waals surface area contributed by atoms with Gasteiger partial charge in [0.1, 0.15) is 0 Å². The Morgan fingerprint density at radius 2 is 1.50 bits per heavy atom. The average molecular weight is 111 g/mol. The van der Waals surface area contributed by atoms with Gasteiger partial charge in [-0.2, -0.15) is 0 Å². The molecule has 1 rings (SSSR count). The Kier molecular flexibility index (Phi) is 5.27. The molecule has 1 aromatic heterocycles. The Hall–Kier alpha value is -0.990. The second-order valence-corrected chi connectivity index (χ2v) is 0.811. The quantitative estimate of drug-likeness (QED) is 0.499. The van der Waals surface area contributed by atoms with Gasteiger partial charge in [-0.05, 0) is 11.3 Å². The van der Waals surface area contributed by atoms with Crippen molar-refractivity contribution in [2.45, 2.75) is 13.8 Å². The Morgan fingerprint density at radius 3 is 1.62 bits per heavy atom. The van der Waals surface area contributed by atoms with Crippen LogP contribution >= 0.6 is 0 Å². The van der Waals surface area contributed by atoms with E-state index in [-0.39, 0.29) is 0 Å². The molecule has 0 fully saturated rings. The van der Waals surface area contributed by atoms with Gasteiger partial charge >= 0.3 is 0 Å². The van der Waals surface area contributed by atoms with Crippen molar-refractivity contribution in [1.29, 1.82) is 0 Å². The molecule has 0 saturated heterocycles. The van der Waals surface area contributed by atoms with Crippen molar-refractivity contribution < 1.29 is 0 Å². The van der Waals surface area contributed by atoms with E-state index in [1.807, 2.05) is 13.8 Å². The molecule has 44 valence electrons. The van der Waals surface area contributed by atoms with Crippen LogP contribution in [-0.4, -0.2) is 15.4 Å². The van der Waals surface area contributed by atoms with Gasteiger partial charge in [0.2, 0.25) is 0 Å². The van der Waals surface area contributed by atoms with Gasteiger partial charge in [0.05, 0.1) is 12.4 Å². The Balaban J connectivity index is 0.000000222. The summed E-state index contributed by atoms with van der Waals surface area (Å²) in [6, 6.07) is 1.72. The van der Waals surface area contributed by atoms with Crippen LogP contribution in [0.3, 0.4) is 0 Å². The van der Waals surface area contributed by atoms with E-state index in [2.05, 4.69) is 15.4 Å². The van der Waals surface area contributed by atoms with Crippen molar-refractivity contribution in [3.8, 4) is 0 Å². The SMILES string of the molecule is CC.c1cnnnc1. The second kappa shape index (κ2) is 6.01. The van der Waals surface area contributed by atoms with Gasteiger partial charge in [0.15, 0.2) is 0 Å². The Bertz CT molecular complexity index is 79.6. The number of rotatable bonds is 0. The smallest absolute Gasteiger partial charge is 0.0529 e. The fourth-order valence-corrected chi connectivity index (χ4v) is 0.205. The third-order valence-corrected chi connectivity index (χ3v) is 0.409.